The lowest BCUT2D eigenvalue weighted by atomic mass is 9.86. The lowest BCUT2D eigenvalue weighted by Crippen LogP contribution is -2.56. The summed E-state index contributed by atoms with van der Waals surface area (Å²) >= 11 is 0. The topological polar surface area (TPSA) is 53.1 Å². The zero-order valence-corrected chi connectivity index (χ0v) is 15.6. The number of urea groups is 1. The number of ether oxygens (including phenoxy) is 1. The lowest BCUT2D eigenvalue weighted by Gasteiger charge is -2.41. The number of piperidine rings is 1. The number of amides is 3. The van der Waals surface area contributed by atoms with Crippen molar-refractivity contribution in [3.8, 4) is 0 Å². The fourth-order valence-electron chi connectivity index (χ4n) is 4.74. The van der Waals surface area contributed by atoms with Gasteiger partial charge in [-0.25, -0.2) is 4.79 Å². The maximum Gasteiger partial charge on any atom is 0.328 e. The van der Waals surface area contributed by atoms with Crippen LogP contribution in [0.3, 0.4) is 0 Å². The third-order valence-corrected chi connectivity index (χ3v) is 6.30. The molecule has 1 aromatic rings. The van der Waals surface area contributed by atoms with Crippen LogP contribution in [0, 0.1) is 0 Å². The number of nitrogens with zero attached hydrogens (tertiary/aromatic N) is 3. The predicted octanol–water partition coefficient (Wildman–Crippen LogP) is 1.53. The van der Waals surface area contributed by atoms with E-state index in [9.17, 15) is 9.59 Å². The first-order valence-corrected chi connectivity index (χ1v) is 9.46. The summed E-state index contributed by atoms with van der Waals surface area (Å²) < 4.78 is 5.22. The van der Waals surface area contributed by atoms with Gasteiger partial charge in [0, 0.05) is 32.8 Å². The van der Waals surface area contributed by atoms with Gasteiger partial charge >= 0.3 is 6.03 Å². The largest absolute Gasteiger partial charge is 0.383 e. The highest BCUT2D eigenvalue weighted by Gasteiger charge is 2.59. The first kappa shape index (κ1) is 17.5. The molecule has 4 rings (SSSR count). The Bertz CT molecular complexity index is 687. The van der Waals surface area contributed by atoms with E-state index in [4.69, 9.17) is 4.74 Å². The number of fused-ring (bicyclic) bond motifs is 1. The number of hydrogen-bond donors (Lipinski definition) is 0. The van der Waals surface area contributed by atoms with E-state index in [1.54, 1.807) is 16.9 Å². The van der Waals surface area contributed by atoms with Gasteiger partial charge in [0.05, 0.1) is 6.61 Å². The second-order valence-electron chi connectivity index (χ2n) is 7.77. The van der Waals surface area contributed by atoms with Crippen LogP contribution in [-0.2, 0) is 22.4 Å². The van der Waals surface area contributed by atoms with Crippen LogP contribution in [0.1, 0.15) is 24.0 Å². The molecule has 2 fully saturated rings. The molecular formula is C20H27N3O3. The Hall–Kier alpha value is -1.92. The molecule has 140 valence electrons. The van der Waals surface area contributed by atoms with Crippen molar-refractivity contribution in [3.63, 3.8) is 0 Å². The van der Waals surface area contributed by atoms with E-state index >= 15 is 0 Å². The van der Waals surface area contributed by atoms with Crippen molar-refractivity contribution in [1.29, 1.82) is 0 Å². The number of imide groups is 1. The quantitative estimate of drug-likeness (QED) is 0.767. The van der Waals surface area contributed by atoms with E-state index in [2.05, 4.69) is 24.1 Å². The van der Waals surface area contributed by atoms with Crippen molar-refractivity contribution in [1.82, 2.24) is 14.7 Å². The molecule has 3 aliphatic rings. The molecule has 1 aliphatic carbocycles. The average Bonchev–Trinajstić information content (AvgIpc) is 3.14. The van der Waals surface area contributed by atoms with Gasteiger partial charge in [-0.05, 0) is 43.9 Å². The Morgan fingerprint density at radius 1 is 1.12 bits per heavy atom. The van der Waals surface area contributed by atoms with Crippen molar-refractivity contribution in [2.24, 2.45) is 0 Å². The van der Waals surface area contributed by atoms with Crippen LogP contribution in [0.5, 0.6) is 0 Å². The predicted molar refractivity (Wildman–Crippen MR) is 97.9 cm³/mol. The summed E-state index contributed by atoms with van der Waals surface area (Å²) in [5.41, 5.74) is 1.83. The summed E-state index contributed by atoms with van der Waals surface area (Å²) in [7, 11) is 3.70. The third-order valence-electron chi connectivity index (χ3n) is 6.30. The number of methoxy groups -OCH3 is 1. The van der Waals surface area contributed by atoms with Crippen LogP contribution in [0.25, 0.3) is 0 Å². The van der Waals surface area contributed by atoms with Gasteiger partial charge in [0.2, 0.25) is 0 Å². The summed E-state index contributed by atoms with van der Waals surface area (Å²) in [6, 6.07) is 8.07. The van der Waals surface area contributed by atoms with Crippen molar-refractivity contribution < 1.29 is 14.3 Å². The molecular weight excluding hydrogens is 330 g/mol. The third kappa shape index (κ3) is 2.63. The van der Waals surface area contributed by atoms with Crippen LogP contribution < -0.4 is 0 Å². The second kappa shape index (κ2) is 6.67. The molecule has 6 nitrogen and oxygen atoms in total. The molecule has 2 saturated heterocycles. The van der Waals surface area contributed by atoms with E-state index in [-0.39, 0.29) is 18.0 Å². The van der Waals surface area contributed by atoms with Crippen molar-refractivity contribution >= 4 is 11.9 Å². The zero-order chi connectivity index (χ0) is 18.3. The average molecular weight is 357 g/mol. The molecule has 3 amide bonds. The second-order valence-corrected chi connectivity index (χ2v) is 7.77. The fourth-order valence-corrected chi connectivity index (χ4v) is 4.74. The minimum Gasteiger partial charge on any atom is -0.383 e. The summed E-state index contributed by atoms with van der Waals surface area (Å²) in [6.07, 6.45) is 2.94. The number of carbonyl (C=O) groups excluding carboxylic acids is 2. The number of carbonyl (C=O) groups is 2. The normalized spacial score (nSPS) is 23.3. The highest BCUT2D eigenvalue weighted by atomic mass is 16.5. The summed E-state index contributed by atoms with van der Waals surface area (Å²) in [5.74, 6) is 0.00418. The standard InChI is InChI=1S/C20H27N3O3/c1-21-9-7-20(8-10-21)18(24)23(19(25)22(20)11-12-26-2)17-13-15-5-3-4-6-16(15)14-17/h3-6,17H,7-14H2,1-2H3. The Kier molecular flexibility index (Phi) is 4.49. The smallest absolute Gasteiger partial charge is 0.328 e. The Morgan fingerprint density at radius 2 is 1.73 bits per heavy atom. The zero-order valence-electron chi connectivity index (χ0n) is 15.6. The van der Waals surface area contributed by atoms with E-state index < -0.39 is 5.54 Å². The number of hydrogen-bond acceptors (Lipinski definition) is 4. The highest BCUT2D eigenvalue weighted by molar-refractivity contribution is 6.07. The van der Waals surface area contributed by atoms with Crippen molar-refractivity contribution in [2.75, 3.05) is 40.4 Å². The van der Waals surface area contributed by atoms with Crippen LogP contribution >= 0.6 is 0 Å². The minimum atomic E-state index is -0.684. The van der Waals surface area contributed by atoms with Crippen LogP contribution in [-0.4, -0.2) is 78.6 Å². The van der Waals surface area contributed by atoms with Gasteiger partial charge in [-0.1, -0.05) is 24.3 Å². The molecule has 0 aromatic heterocycles. The maximum absolute atomic E-state index is 13.5. The number of likely N-dealkylation sites (tertiary alicyclic amines) is 1. The summed E-state index contributed by atoms with van der Waals surface area (Å²) in [6.45, 7) is 2.60. The molecule has 0 unspecified atom stereocenters. The first-order chi connectivity index (χ1) is 12.6. The van der Waals surface area contributed by atoms with Crippen LogP contribution in [0.2, 0.25) is 0 Å². The van der Waals surface area contributed by atoms with E-state index in [0.717, 1.165) is 25.9 Å². The minimum absolute atomic E-state index is 0.00418. The molecule has 0 atom stereocenters. The maximum atomic E-state index is 13.5. The van der Waals surface area contributed by atoms with E-state index in [1.165, 1.54) is 11.1 Å². The molecule has 1 aromatic carbocycles. The Balaban J connectivity index is 1.62. The van der Waals surface area contributed by atoms with Crippen molar-refractivity contribution in [2.45, 2.75) is 37.3 Å². The van der Waals surface area contributed by atoms with Crippen LogP contribution in [0.15, 0.2) is 24.3 Å². The van der Waals surface area contributed by atoms with Gasteiger partial charge in [0.1, 0.15) is 5.54 Å². The van der Waals surface area contributed by atoms with E-state index in [0.29, 0.717) is 26.0 Å². The van der Waals surface area contributed by atoms with Gasteiger partial charge in [-0.2, -0.15) is 0 Å². The summed E-state index contributed by atoms with van der Waals surface area (Å²) in [4.78, 5) is 32.4. The Labute approximate surface area is 154 Å². The fraction of sp³-hybridized carbons (Fsp3) is 0.600. The lowest BCUT2D eigenvalue weighted by molar-refractivity contribution is -0.137. The van der Waals surface area contributed by atoms with Gasteiger partial charge in [0.15, 0.2) is 0 Å². The van der Waals surface area contributed by atoms with Gasteiger partial charge in [-0.15, -0.1) is 0 Å². The van der Waals surface area contributed by atoms with Gasteiger partial charge < -0.3 is 14.5 Å². The van der Waals surface area contributed by atoms with Gasteiger partial charge in [0.25, 0.3) is 5.91 Å². The Morgan fingerprint density at radius 3 is 2.31 bits per heavy atom. The molecule has 26 heavy (non-hydrogen) atoms. The van der Waals surface area contributed by atoms with E-state index in [1.807, 2.05) is 12.1 Å². The SMILES string of the molecule is COCCN1C(=O)N(C2Cc3ccccc3C2)C(=O)C12CCN(C)CC2. The van der Waals surface area contributed by atoms with Gasteiger partial charge in [-0.3, -0.25) is 9.69 Å². The molecule has 2 heterocycles. The molecule has 0 N–H and O–H groups in total. The molecule has 0 bridgehead atoms. The number of benzene rings is 1. The van der Waals surface area contributed by atoms with Crippen LogP contribution in [0.4, 0.5) is 4.79 Å². The molecule has 2 aliphatic heterocycles. The number of rotatable bonds is 4. The van der Waals surface area contributed by atoms with Crippen molar-refractivity contribution in [3.05, 3.63) is 35.4 Å². The monoisotopic (exact) mass is 357 g/mol. The summed E-state index contributed by atoms with van der Waals surface area (Å²) in [5, 5.41) is 0. The molecule has 0 radical (unpaired) electrons. The molecule has 6 heteroatoms. The first-order valence-electron chi connectivity index (χ1n) is 9.46. The molecule has 1 spiro atoms. The molecule has 0 saturated carbocycles. The highest BCUT2D eigenvalue weighted by Crippen LogP contribution is 2.40.